The van der Waals surface area contributed by atoms with Crippen molar-refractivity contribution in [3.05, 3.63) is 28.8 Å². The number of hydrogen-bond donors (Lipinski definition) is 1. The maximum atomic E-state index is 6.32. The fraction of sp³-hybridized carbons (Fsp3) is 0.500. The average Bonchev–Trinajstić information content (AvgIpc) is 2.28. The van der Waals surface area contributed by atoms with Crippen molar-refractivity contribution in [2.45, 2.75) is 32.2 Å². The van der Waals surface area contributed by atoms with Gasteiger partial charge in [0.05, 0.1) is 7.11 Å². The summed E-state index contributed by atoms with van der Waals surface area (Å²) in [4.78, 5) is 0. The predicted molar refractivity (Wildman–Crippen MR) is 64.5 cm³/mol. The van der Waals surface area contributed by atoms with Crippen LogP contribution in [0.2, 0.25) is 5.02 Å². The molecule has 0 spiro atoms. The largest absolute Gasteiger partial charge is 0.496 e. The maximum absolute atomic E-state index is 6.32. The molecule has 2 N–H and O–H groups in total. The third kappa shape index (κ3) is 2.44. The highest BCUT2D eigenvalue weighted by Gasteiger charge is 2.26. The van der Waals surface area contributed by atoms with E-state index in [0.717, 1.165) is 24.2 Å². The zero-order valence-electron chi connectivity index (χ0n) is 9.51. The lowest BCUT2D eigenvalue weighted by molar-refractivity contribution is 0.362. The van der Waals surface area contributed by atoms with Crippen LogP contribution in [0, 0.1) is 0 Å². The van der Waals surface area contributed by atoms with Crippen LogP contribution < -0.4 is 10.5 Å². The van der Waals surface area contributed by atoms with Gasteiger partial charge in [0.25, 0.3) is 0 Å². The summed E-state index contributed by atoms with van der Waals surface area (Å²) < 4.78 is 5.31. The van der Waals surface area contributed by atoms with E-state index in [1.165, 1.54) is 0 Å². The summed E-state index contributed by atoms with van der Waals surface area (Å²) in [6.07, 6.45) is 1.72. The molecule has 0 aliphatic heterocycles. The molecular formula is C12H18ClNO. The van der Waals surface area contributed by atoms with Gasteiger partial charge < -0.3 is 10.5 Å². The highest BCUT2D eigenvalue weighted by atomic mass is 35.5. The molecule has 0 aliphatic rings. The summed E-state index contributed by atoms with van der Waals surface area (Å²) in [6.45, 7) is 4.15. The molecule has 0 fully saturated rings. The molecule has 1 aromatic carbocycles. The molecule has 0 unspecified atom stereocenters. The third-order valence-electron chi connectivity index (χ3n) is 2.96. The number of hydrogen-bond acceptors (Lipinski definition) is 2. The molecule has 1 aromatic rings. The van der Waals surface area contributed by atoms with Crippen molar-refractivity contribution in [3.63, 3.8) is 0 Å². The zero-order valence-corrected chi connectivity index (χ0v) is 10.3. The van der Waals surface area contributed by atoms with Gasteiger partial charge in [-0.1, -0.05) is 25.4 Å². The van der Waals surface area contributed by atoms with Gasteiger partial charge in [0.15, 0.2) is 0 Å². The van der Waals surface area contributed by atoms with Gasteiger partial charge in [-0.2, -0.15) is 0 Å². The highest BCUT2D eigenvalue weighted by molar-refractivity contribution is 6.30. The van der Waals surface area contributed by atoms with Crippen LogP contribution in [0.25, 0.3) is 0 Å². The molecule has 3 heteroatoms. The summed E-state index contributed by atoms with van der Waals surface area (Å²) in [6, 6.07) is 5.58. The summed E-state index contributed by atoms with van der Waals surface area (Å²) in [7, 11) is 1.65. The summed E-state index contributed by atoms with van der Waals surface area (Å²) in [5, 5.41) is 0.697. The van der Waals surface area contributed by atoms with Gasteiger partial charge in [0, 0.05) is 16.1 Å². The van der Waals surface area contributed by atoms with E-state index in [1.807, 2.05) is 18.2 Å². The second-order valence-corrected chi connectivity index (χ2v) is 4.14. The number of benzene rings is 1. The van der Waals surface area contributed by atoms with E-state index in [-0.39, 0.29) is 5.54 Å². The lowest BCUT2D eigenvalue weighted by Gasteiger charge is -2.29. The van der Waals surface area contributed by atoms with Crippen LogP contribution in [-0.2, 0) is 5.54 Å². The summed E-state index contributed by atoms with van der Waals surface area (Å²) in [5.41, 5.74) is 6.96. The lowest BCUT2D eigenvalue weighted by Crippen LogP contribution is -2.35. The first-order valence-corrected chi connectivity index (χ1v) is 5.58. The van der Waals surface area contributed by atoms with Crippen molar-refractivity contribution in [2.24, 2.45) is 5.73 Å². The Balaban J connectivity index is 3.26. The van der Waals surface area contributed by atoms with Crippen LogP contribution in [-0.4, -0.2) is 7.11 Å². The molecule has 0 radical (unpaired) electrons. The number of halogens is 1. The van der Waals surface area contributed by atoms with Gasteiger partial charge in [-0.25, -0.2) is 0 Å². The van der Waals surface area contributed by atoms with Crippen LogP contribution in [0.3, 0.4) is 0 Å². The average molecular weight is 228 g/mol. The normalized spacial score (nSPS) is 11.5. The van der Waals surface area contributed by atoms with Crippen LogP contribution >= 0.6 is 11.6 Å². The molecule has 0 aromatic heterocycles. The topological polar surface area (TPSA) is 35.2 Å². The molecule has 1 rings (SSSR count). The minimum absolute atomic E-state index is 0.351. The van der Waals surface area contributed by atoms with Crippen LogP contribution in [0.5, 0.6) is 5.75 Å². The van der Waals surface area contributed by atoms with Crippen molar-refractivity contribution in [1.29, 1.82) is 0 Å². The Morgan fingerprint density at radius 1 is 1.33 bits per heavy atom. The number of nitrogens with two attached hydrogens (primary N) is 1. The predicted octanol–water partition coefficient (Wildman–Crippen LogP) is 3.32. The fourth-order valence-electron chi connectivity index (χ4n) is 1.70. The molecular weight excluding hydrogens is 210 g/mol. The Labute approximate surface area is 96.4 Å². The van der Waals surface area contributed by atoms with Crippen LogP contribution in [0.1, 0.15) is 32.3 Å². The highest BCUT2D eigenvalue weighted by Crippen LogP contribution is 2.34. The van der Waals surface area contributed by atoms with Crippen molar-refractivity contribution >= 4 is 11.6 Å². The molecule has 84 valence electrons. The standard InChI is InChI=1S/C12H18ClNO/c1-4-12(14,5-2)10-8-9(13)6-7-11(10)15-3/h6-8H,4-5,14H2,1-3H3. The summed E-state index contributed by atoms with van der Waals surface area (Å²) >= 11 is 5.98. The van der Waals surface area contributed by atoms with E-state index in [4.69, 9.17) is 22.1 Å². The Hall–Kier alpha value is -0.730. The SMILES string of the molecule is CCC(N)(CC)c1cc(Cl)ccc1OC. The van der Waals surface area contributed by atoms with Crippen molar-refractivity contribution in [3.8, 4) is 5.75 Å². The first-order chi connectivity index (χ1) is 7.07. The second-order valence-electron chi connectivity index (χ2n) is 3.71. The molecule has 0 bridgehead atoms. The van der Waals surface area contributed by atoms with Crippen molar-refractivity contribution < 1.29 is 4.74 Å². The van der Waals surface area contributed by atoms with E-state index in [2.05, 4.69) is 13.8 Å². The summed E-state index contributed by atoms with van der Waals surface area (Å²) in [5.74, 6) is 0.811. The molecule has 0 saturated heterocycles. The van der Waals surface area contributed by atoms with E-state index in [0.29, 0.717) is 5.02 Å². The van der Waals surface area contributed by atoms with Gasteiger partial charge in [-0.15, -0.1) is 0 Å². The lowest BCUT2D eigenvalue weighted by atomic mass is 9.85. The Bertz CT molecular complexity index is 334. The minimum atomic E-state index is -0.351. The zero-order chi connectivity index (χ0) is 11.5. The van der Waals surface area contributed by atoms with E-state index >= 15 is 0 Å². The van der Waals surface area contributed by atoms with E-state index in [1.54, 1.807) is 7.11 Å². The number of ether oxygens (including phenoxy) is 1. The van der Waals surface area contributed by atoms with Crippen LogP contribution in [0.15, 0.2) is 18.2 Å². The molecule has 0 heterocycles. The van der Waals surface area contributed by atoms with Gasteiger partial charge in [0.2, 0.25) is 0 Å². The first kappa shape index (κ1) is 12.3. The van der Waals surface area contributed by atoms with Crippen molar-refractivity contribution in [2.75, 3.05) is 7.11 Å². The van der Waals surface area contributed by atoms with Gasteiger partial charge >= 0.3 is 0 Å². The molecule has 0 amide bonds. The van der Waals surface area contributed by atoms with Crippen molar-refractivity contribution in [1.82, 2.24) is 0 Å². The number of methoxy groups -OCH3 is 1. The monoisotopic (exact) mass is 227 g/mol. The van der Waals surface area contributed by atoms with Gasteiger partial charge in [-0.3, -0.25) is 0 Å². The smallest absolute Gasteiger partial charge is 0.124 e. The Morgan fingerprint density at radius 2 is 1.93 bits per heavy atom. The van der Waals surface area contributed by atoms with E-state index in [9.17, 15) is 0 Å². The van der Waals surface area contributed by atoms with Gasteiger partial charge in [-0.05, 0) is 31.0 Å². The molecule has 2 nitrogen and oxygen atoms in total. The van der Waals surface area contributed by atoms with Gasteiger partial charge in [0.1, 0.15) is 5.75 Å². The maximum Gasteiger partial charge on any atom is 0.124 e. The molecule has 15 heavy (non-hydrogen) atoms. The fourth-order valence-corrected chi connectivity index (χ4v) is 1.87. The quantitative estimate of drug-likeness (QED) is 0.857. The van der Waals surface area contributed by atoms with E-state index < -0.39 is 0 Å². The molecule has 0 aliphatic carbocycles. The molecule has 0 saturated carbocycles. The molecule has 0 atom stereocenters. The van der Waals surface area contributed by atoms with Crippen LogP contribution in [0.4, 0.5) is 0 Å². The Kier molecular flexibility index (Phi) is 4.00. The third-order valence-corrected chi connectivity index (χ3v) is 3.19. The minimum Gasteiger partial charge on any atom is -0.496 e. The second kappa shape index (κ2) is 4.86. The first-order valence-electron chi connectivity index (χ1n) is 5.20. The Morgan fingerprint density at radius 3 is 2.40 bits per heavy atom. The number of rotatable bonds is 4.